The lowest BCUT2D eigenvalue weighted by molar-refractivity contribution is -0.137. The van der Waals surface area contributed by atoms with E-state index < -0.39 is 17.4 Å². The van der Waals surface area contributed by atoms with Crippen LogP contribution in [0.4, 0.5) is 11.4 Å². The third-order valence-corrected chi connectivity index (χ3v) is 8.45. The Balaban J connectivity index is 1.42. The molecular weight excluding hydrogens is 426 g/mol. The van der Waals surface area contributed by atoms with Crippen LogP contribution in [-0.4, -0.2) is 41.8 Å². The highest BCUT2D eigenvalue weighted by Gasteiger charge is 2.75. The largest absolute Gasteiger partial charge is 0.310 e. The molecule has 3 fully saturated rings. The van der Waals surface area contributed by atoms with Crippen LogP contribution in [0.15, 0.2) is 66.7 Å². The minimum absolute atomic E-state index is 0.0582. The molecule has 4 aliphatic rings. The Morgan fingerprint density at radius 3 is 2.50 bits per heavy atom. The Hall–Kier alpha value is -3.51. The number of imide groups is 1. The van der Waals surface area contributed by atoms with Crippen LogP contribution in [0.25, 0.3) is 10.8 Å². The summed E-state index contributed by atoms with van der Waals surface area (Å²) in [7, 11) is 0. The lowest BCUT2D eigenvalue weighted by Gasteiger charge is -2.37. The number of amides is 3. The van der Waals surface area contributed by atoms with E-state index in [4.69, 9.17) is 0 Å². The Morgan fingerprint density at radius 2 is 1.68 bits per heavy atom. The normalized spacial score (nSPS) is 30.0. The van der Waals surface area contributed by atoms with Crippen LogP contribution in [0.1, 0.15) is 25.3 Å². The Morgan fingerprint density at radius 1 is 0.912 bits per heavy atom. The van der Waals surface area contributed by atoms with Crippen LogP contribution < -0.4 is 9.80 Å². The lowest BCUT2D eigenvalue weighted by atomic mass is 9.75. The van der Waals surface area contributed by atoms with Gasteiger partial charge in [0.05, 0.1) is 17.5 Å². The number of nitrogens with zero attached hydrogens (tertiary/aromatic N) is 3. The quantitative estimate of drug-likeness (QED) is 0.558. The molecule has 3 amide bonds. The Kier molecular flexibility index (Phi) is 3.96. The Bertz CT molecular complexity index is 1400. The maximum atomic E-state index is 14.2. The van der Waals surface area contributed by atoms with E-state index in [1.165, 1.54) is 4.90 Å². The molecular formula is C28H25N3O3. The van der Waals surface area contributed by atoms with Gasteiger partial charge in [0.1, 0.15) is 5.54 Å². The molecule has 0 radical (unpaired) electrons. The van der Waals surface area contributed by atoms with Gasteiger partial charge in [0.15, 0.2) is 0 Å². The number of fused-ring (bicyclic) bond motifs is 8. The van der Waals surface area contributed by atoms with Gasteiger partial charge in [-0.3, -0.25) is 19.3 Å². The highest BCUT2D eigenvalue weighted by molar-refractivity contribution is 6.26. The molecule has 3 aromatic carbocycles. The third kappa shape index (κ3) is 2.18. The fourth-order valence-electron chi connectivity index (χ4n) is 7.22. The first-order valence-electron chi connectivity index (χ1n) is 12.1. The predicted octanol–water partition coefficient (Wildman–Crippen LogP) is 3.69. The van der Waals surface area contributed by atoms with Crippen LogP contribution in [0.5, 0.6) is 0 Å². The van der Waals surface area contributed by atoms with Gasteiger partial charge in [-0.2, -0.15) is 0 Å². The molecule has 4 atom stereocenters. The van der Waals surface area contributed by atoms with Crippen molar-refractivity contribution in [1.29, 1.82) is 0 Å². The number of anilines is 2. The molecule has 4 aliphatic heterocycles. The standard InChI is InChI=1S/C28H25N3O3/c1-2-29-21-11-6-5-10-20(21)28(27(29)34)24-23(22-12-7-15-30(22)28)25(32)31(26(24)33)19-14-13-17-8-3-4-9-18(17)16-19/h3-6,8-11,13-14,16,22-24H,2,7,12,15H2,1H3. The molecule has 3 saturated heterocycles. The molecule has 0 N–H and O–H groups in total. The first kappa shape index (κ1) is 19.9. The maximum Gasteiger partial charge on any atom is 0.253 e. The summed E-state index contributed by atoms with van der Waals surface area (Å²) < 4.78 is 0. The lowest BCUT2D eigenvalue weighted by Crippen LogP contribution is -2.56. The van der Waals surface area contributed by atoms with Gasteiger partial charge in [0.2, 0.25) is 11.8 Å². The fraction of sp³-hybridized carbons (Fsp3) is 0.321. The van der Waals surface area contributed by atoms with E-state index in [1.807, 2.05) is 73.7 Å². The highest BCUT2D eigenvalue weighted by atomic mass is 16.2. The third-order valence-electron chi connectivity index (χ3n) is 8.45. The fourth-order valence-corrected chi connectivity index (χ4v) is 7.22. The van der Waals surface area contributed by atoms with Crippen LogP contribution >= 0.6 is 0 Å². The smallest absolute Gasteiger partial charge is 0.253 e. The van der Waals surface area contributed by atoms with E-state index in [0.717, 1.165) is 41.4 Å². The maximum absolute atomic E-state index is 14.2. The number of hydrogen-bond donors (Lipinski definition) is 0. The van der Waals surface area contributed by atoms with Gasteiger partial charge in [-0.25, -0.2) is 4.90 Å². The summed E-state index contributed by atoms with van der Waals surface area (Å²) in [6, 6.07) is 21.4. The molecule has 34 heavy (non-hydrogen) atoms. The average molecular weight is 452 g/mol. The molecule has 7 rings (SSSR count). The van der Waals surface area contributed by atoms with Crippen LogP contribution in [0.2, 0.25) is 0 Å². The molecule has 1 spiro atoms. The van der Waals surface area contributed by atoms with Gasteiger partial charge in [0.25, 0.3) is 5.91 Å². The zero-order chi connectivity index (χ0) is 23.2. The van der Waals surface area contributed by atoms with E-state index in [1.54, 1.807) is 4.90 Å². The van der Waals surface area contributed by atoms with E-state index in [-0.39, 0.29) is 23.8 Å². The van der Waals surface area contributed by atoms with E-state index >= 15 is 0 Å². The van der Waals surface area contributed by atoms with Crippen molar-refractivity contribution in [3.63, 3.8) is 0 Å². The highest BCUT2D eigenvalue weighted by Crippen LogP contribution is 2.61. The van der Waals surface area contributed by atoms with Crippen molar-refractivity contribution in [3.8, 4) is 0 Å². The number of likely N-dealkylation sites (N-methyl/N-ethyl adjacent to an activating group) is 1. The van der Waals surface area contributed by atoms with Crippen molar-refractivity contribution in [2.45, 2.75) is 31.3 Å². The van der Waals surface area contributed by atoms with E-state index in [2.05, 4.69) is 4.90 Å². The summed E-state index contributed by atoms with van der Waals surface area (Å²) >= 11 is 0. The average Bonchev–Trinajstić information content (AvgIpc) is 3.56. The minimum atomic E-state index is -1.10. The van der Waals surface area contributed by atoms with Crippen molar-refractivity contribution >= 4 is 39.9 Å². The molecule has 3 aromatic rings. The summed E-state index contributed by atoms with van der Waals surface area (Å²) in [4.78, 5) is 47.7. The molecule has 0 aliphatic carbocycles. The van der Waals surface area contributed by atoms with Crippen molar-refractivity contribution in [3.05, 3.63) is 72.3 Å². The first-order chi connectivity index (χ1) is 16.6. The molecule has 6 nitrogen and oxygen atoms in total. The van der Waals surface area contributed by atoms with Crippen LogP contribution in [-0.2, 0) is 19.9 Å². The topological polar surface area (TPSA) is 60.9 Å². The number of carbonyl (C=O) groups excluding carboxylic acids is 3. The van der Waals surface area contributed by atoms with Gasteiger partial charge in [0, 0.05) is 23.8 Å². The minimum Gasteiger partial charge on any atom is -0.310 e. The predicted molar refractivity (Wildman–Crippen MR) is 129 cm³/mol. The second kappa shape index (κ2) is 6.76. The molecule has 0 bridgehead atoms. The molecule has 0 aromatic heterocycles. The van der Waals surface area contributed by atoms with Crippen molar-refractivity contribution in [1.82, 2.24) is 4.90 Å². The van der Waals surface area contributed by atoms with Crippen molar-refractivity contribution in [2.24, 2.45) is 11.8 Å². The molecule has 6 heteroatoms. The number of rotatable bonds is 2. The van der Waals surface area contributed by atoms with E-state index in [9.17, 15) is 14.4 Å². The summed E-state index contributed by atoms with van der Waals surface area (Å²) in [5.74, 6) is -1.69. The SMILES string of the molecule is CCN1C(=O)C2(c3ccccc31)C1C(=O)N(c3ccc4ccccc4c3)C(=O)C1C1CCCN12. The van der Waals surface area contributed by atoms with Gasteiger partial charge >= 0.3 is 0 Å². The second-order valence-corrected chi connectivity index (χ2v) is 9.78. The molecule has 4 unspecified atom stereocenters. The number of hydrogen-bond acceptors (Lipinski definition) is 4. The van der Waals surface area contributed by atoms with Crippen LogP contribution in [0, 0.1) is 11.8 Å². The van der Waals surface area contributed by atoms with Crippen LogP contribution in [0.3, 0.4) is 0 Å². The molecule has 4 heterocycles. The molecule has 0 saturated carbocycles. The summed E-state index contributed by atoms with van der Waals surface area (Å²) in [6.45, 7) is 3.22. The first-order valence-corrected chi connectivity index (χ1v) is 12.1. The summed E-state index contributed by atoms with van der Waals surface area (Å²) in [6.07, 6.45) is 1.75. The summed E-state index contributed by atoms with van der Waals surface area (Å²) in [5.41, 5.74) is 1.24. The monoisotopic (exact) mass is 451 g/mol. The zero-order valence-corrected chi connectivity index (χ0v) is 19.0. The zero-order valence-electron chi connectivity index (χ0n) is 19.0. The van der Waals surface area contributed by atoms with Crippen molar-refractivity contribution in [2.75, 3.05) is 22.9 Å². The Labute approximate surface area is 197 Å². The van der Waals surface area contributed by atoms with Gasteiger partial charge in [-0.15, -0.1) is 0 Å². The summed E-state index contributed by atoms with van der Waals surface area (Å²) in [5, 5.41) is 2.04. The molecule has 170 valence electrons. The van der Waals surface area contributed by atoms with Crippen molar-refractivity contribution < 1.29 is 14.4 Å². The van der Waals surface area contributed by atoms with E-state index in [0.29, 0.717) is 12.2 Å². The van der Waals surface area contributed by atoms with Gasteiger partial charge < -0.3 is 4.90 Å². The van der Waals surface area contributed by atoms with Gasteiger partial charge in [-0.05, 0) is 55.3 Å². The number of carbonyl (C=O) groups is 3. The van der Waals surface area contributed by atoms with Gasteiger partial charge in [-0.1, -0.05) is 48.5 Å². The number of benzene rings is 3. The number of para-hydroxylation sites is 1. The second-order valence-electron chi connectivity index (χ2n) is 9.78.